The zero-order valence-electron chi connectivity index (χ0n) is 8.84. The van der Waals surface area contributed by atoms with Gasteiger partial charge in [0.15, 0.2) is 5.82 Å². The number of aromatic nitrogens is 2. The van der Waals surface area contributed by atoms with Crippen molar-refractivity contribution in [1.29, 1.82) is 0 Å². The first kappa shape index (κ1) is 11.1. The second-order valence-electron chi connectivity index (χ2n) is 3.16. The van der Waals surface area contributed by atoms with Crippen molar-refractivity contribution in [3.8, 4) is 0 Å². The van der Waals surface area contributed by atoms with Crippen molar-refractivity contribution in [2.45, 2.75) is 26.8 Å². The lowest BCUT2D eigenvalue weighted by atomic mass is 10.4. The zero-order valence-corrected chi connectivity index (χ0v) is 8.84. The summed E-state index contributed by atoms with van der Waals surface area (Å²) in [5.74, 6) is 1.34. The second kappa shape index (κ2) is 6.50. The third-order valence-corrected chi connectivity index (χ3v) is 1.75. The van der Waals surface area contributed by atoms with Gasteiger partial charge in [-0.2, -0.15) is 4.98 Å². The smallest absolute Gasteiger partial charge is 0.240 e. The van der Waals surface area contributed by atoms with E-state index in [0.717, 1.165) is 19.6 Å². The van der Waals surface area contributed by atoms with Crippen LogP contribution in [0.4, 0.5) is 0 Å². The first-order chi connectivity index (χ1) is 6.83. The molecule has 0 aliphatic rings. The molecule has 0 saturated heterocycles. The molecule has 2 N–H and O–H groups in total. The van der Waals surface area contributed by atoms with Crippen LogP contribution in [-0.4, -0.2) is 29.8 Å². The Morgan fingerprint density at radius 1 is 1.21 bits per heavy atom. The summed E-state index contributed by atoms with van der Waals surface area (Å²) in [6.45, 7) is 7.58. The van der Waals surface area contributed by atoms with E-state index >= 15 is 0 Å². The molecule has 0 amide bonds. The average molecular weight is 198 g/mol. The van der Waals surface area contributed by atoms with Gasteiger partial charge >= 0.3 is 0 Å². The Morgan fingerprint density at radius 2 is 2.00 bits per heavy atom. The van der Waals surface area contributed by atoms with E-state index in [4.69, 9.17) is 4.52 Å². The molecule has 80 valence electrons. The summed E-state index contributed by atoms with van der Waals surface area (Å²) in [5.41, 5.74) is 0. The lowest BCUT2D eigenvalue weighted by molar-refractivity contribution is 0.364. The van der Waals surface area contributed by atoms with Crippen molar-refractivity contribution in [3.63, 3.8) is 0 Å². The molecule has 1 heterocycles. The maximum atomic E-state index is 4.95. The van der Waals surface area contributed by atoms with Gasteiger partial charge in [0.1, 0.15) is 0 Å². The number of aryl methyl sites for hydroxylation is 1. The fraction of sp³-hybridized carbons (Fsp3) is 0.778. The highest BCUT2D eigenvalue weighted by molar-refractivity contribution is 4.81. The Bertz CT molecular complexity index is 249. The third kappa shape index (κ3) is 4.34. The molecule has 0 aliphatic carbocycles. The largest absolute Gasteiger partial charge is 0.338 e. The van der Waals surface area contributed by atoms with Crippen LogP contribution < -0.4 is 10.6 Å². The quantitative estimate of drug-likeness (QED) is 0.623. The Balaban J connectivity index is 1.99. The second-order valence-corrected chi connectivity index (χ2v) is 3.16. The van der Waals surface area contributed by atoms with Crippen molar-refractivity contribution in [1.82, 2.24) is 20.8 Å². The maximum absolute atomic E-state index is 4.95. The zero-order chi connectivity index (χ0) is 10.2. The minimum absolute atomic E-state index is 0.647. The predicted octanol–water partition coefficient (Wildman–Crippen LogP) is 0.467. The summed E-state index contributed by atoms with van der Waals surface area (Å²) in [6, 6.07) is 0. The van der Waals surface area contributed by atoms with Gasteiger partial charge in [-0.25, -0.2) is 0 Å². The third-order valence-electron chi connectivity index (χ3n) is 1.75. The number of rotatable bonds is 7. The minimum atomic E-state index is 0.647. The van der Waals surface area contributed by atoms with Gasteiger partial charge in [-0.05, 0) is 19.9 Å². The van der Waals surface area contributed by atoms with Crippen molar-refractivity contribution >= 4 is 0 Å². The Labute approximate surface area is 84.3 Å². The van der Waals surface area contributed by atoms with Crippen LogP contribution in [0.2, 0.25) is 0 Å². The molecule has 0 aromatic carbocycles. The van der Waals surface area contributed by atoms with E-state index in [-0.39, 0.29) is 0 Å². The van der Waals surface area contributed by atoms with Gasteiger partial charge in [0, 0.05) is 13.1 Å². The monoisotopic (exact) mass is 198 g/mol. The molecule has 0 atom stereocenters. The van der Waals surface area contributed by atoms with Gasteiger partial charge in [0.05, 0.1) is 6.54 Å². The molecule has 1 aromatic heterocycles. The van der Waals surface area contributed by atoms with Crippen LogP contribution in [-0.2, 0) is 6.54 Å². The average Bonchev–Trinajstić information content (AvgIpc) is 2.58. The van der Waals surface area contributed by atoms with Crippen LogP contribution in [0.25, 0.3) is 0 Å². The molecule has 0 radical (unpaired) electrons. The SMILES string of the molecule is CCCNCCNCc1nc(C)no1. The molecule has 0 fully saturated rings. The first-order valence-electron chi connectivity index (χ1n) is 5.03. The summed E-state index contributed by atoms with van der Waals surface area (Å²) in [7, 11) is 0. The Kier molecular flexibility index (Phi) is 5.17. The van der Waals surface area contributed by atoms with Gasteiger partial charge in [-0.3, -0.25) is 0 Å². The van der Waals surface area contributed by atoms with E-state index in [0.29, 0.717) is 18.3 Å². The molecule has 0 saturated carbocycles. The first-order valence-corrected chi connectivity index (χ1v) is 5.03. The van der Waals surface area contributed by atoms with Crippen LogP contribution in [0.15, 0.2) is 4.52 Å². The van der Waals surface area contributed by atoms with Crippen LogP contribution in [0.5, 0.6) is 0 Å². The predicted molar refractivity (Wildman–Crippen MR) is 53.9 cm³/mol. The van der Waals surface area contributed by atoms with E-state index in [2.05, 4.69) is 27.7 Å². The van der Waals surface area contributed by atoms with Crippen LogP contribution in [0.3, 0.4) is 0 Å². The number of nitrogens with zero attached hydrogens (tertiary/aromatic N) is 2. The Morgan fingerprint density at radius 3 is 2.64 bits per heavy atom. The van der Waals surface area contributed by atoms with Crippen molar-refractivity contribution < 1.29 is 4.52 Å². The molecule has 1 aromatic rings. The molecule has 0 unspecified atom stereocenters. The fourth-order valence-electron chi connectivity index (χ4n) is 1.09. The fourth-order valence-corrected chi connectivity index (χ4v) is 1.09. The Hall–Kier alpha value is -0.940. The molecule has 0 aliphatic heterocycles. The summed E-state index contributed by atoms with van der Waals surface area (Å²) in [5, 5.41) is 10.2. The van der Waals surface area contributed by atoms with Gasteiger partial charge in [0.2, 0.25) is 5.89 Å². The minimum Gasteiger partial charge on any atom is -0.338 e. The highest BCUT2D eigenvalue weighted by Gasteiger charge is 2.00. The summed E-state index contributed by atoms with van der Waals surface area (Å²) in [4.78, 5) is 4.08. The molecule has 0 spiro atoms. The lowest BCUT2D eigenvalue weighted by Crippen LogP contribution is -2.27. The van der Waals surface area contributed by atoms with E-state index < -0.39 is 0 Å². The maximum Gasteiger partial charge on any atom is 0.240 e. The van der Waals surface area contributed by atoms with E-state index in [1.165, 1.54) is 6.42 Å². The number of nitrogens with one attached hydrogen (secondary N) is 2. The summed E-state index contributed by atoms with van der Waals surface area (Å²) in [6.07, 6.45) is 1.17. The molecule has 0 bridgehead atoms. The van der Waals surface area contributed by atoms with Crippen LogP contribution >= 0.6 is 0 Å². The number of hydrogen-bond donors (Lipinski definition) is 2. The van der Waals surface area contributed by atoms with E-state index in [9.17, 15) is 0 Å². The standard InChI is InChI=1S/C9H18N4O/c1-3-4-10-5-6-11-7-9-12-8(2)13-14-9/h10-11H,3-7H2,1-2H3. The molecular weight excluding hydrogens is 180 g/mol. The normalized spacial score (nSPS) is 10.7. The molecule has 1 rings (SSSR count). The van der Waals surface area contributed by atoms with E-state index in [1.54, 1.807) is 0 Å². The highest BCUT2D eigenvalue weighted by atomic mass is 16.5. The molecule has 5 heteroatoms. The highest BCUT2D eigenvalue weighted by Crippen LogP contribution is 1.93. The van der Waals surface area contributed by atoms with Crippen molar-refractivity contribution in [3.05, 3.63) is 11.7 Å². The van der Waals surface area contributed by atoms with Crippen LogP contribution in [0.1, 0.15) is 25.1 Å². The number of hydrogen-bond acceptors (Lipinski definition) is 5. The van der Waals surface area contributed by atoms with Gasteiger partial charge in [-0.15, -0.1) is 0 Å². The van der Waals surface area contributed by atoms with Gasteiger partial charge in [-0.1, -0.05) is 12.1 Å². The van der Waals surface area contributed by atoms with Gasteiger partial charge < -0.3 is 15.2 Å². The summed E-state index contributed by atoms with van der Waals surface area (Å²) >= 11 is 0. The van der Waals surface area contributed by atoms with Crippen LogP contribution in [0, 0.1) is 6.92 Å². The molecule has 5 nitrogen and oxygen atoms in total. The van der Waals surface area contributed by atoms with Crippen molar-refractivity contribution in [2.24, 2.45) is 0 Å². The van der Waals surface area contributed by atoms with Gasteiger partial charge in [0.25, 0.3) is 0 Å². The molecule has 14 heavy (non-hydrogen) atoms. The van der Waals surface area contributed by atoms with Crippen molar-refractivity contribution in [2.75, 3.05) is 19.6 Å². The lowest BCUT2D eigenvalue weighted by Gasteiger charge is -2.02. The topological polar surface area (TPSA) is 63.0 Å². The van der Waals surface area contributed by atoms with E-state index in [1.807, 2.05) is 6.92 Å². The molecular formula is C9H18N4O. The summed E-state index contributed by atoms with van der Waals surface area (Å²) < 4.78 is 4.95.